The quantitative estimate of drug-likeness (QED) is 0.890. The van der Waals surface area contributed by atoms with Crippen molar-refractivity contribution in [3.05, 3.63) is 30.3 Å². The summed E-state index contributed by atoms with van der Waals surface area (Å²) in [6.07, 6.45) is 0.247. The average Bonchev–Trinajstić information content (AvgIpc) is 2.74. The van der Waals surface area contributed by atoms with Crippen LogP contribution in [0.4, 0.5) is 5.82 Å². The van der Waals surface area contributed by atoms with Crippen LogP contribution < -0.4 is 10.5 Å². The number of nitrogens with two attached hydrogens (primary N) is 1. The molecule has 18 heavy (non-hydrogen) atoms. The van der Waals surface area contributed by atoms with Crippen molar-refractivity contribution < 1.29 is 9.26 Å². The van der Waals surface area contributed by atoms with Gasteiger partial charge >= 0.3 is 0 Å². The summed E-state index contributed by atoms with van der Waals surface area (Å²) in [4.78, 5) is 2.21. The molecule has 0 spiro atoms. The minimum atomic E-state index is 0.247. The molecule has 0 aliphatic carbocycles. The first-order valence-corrected chi connectivity index (χ1v) is 5.89. The molecule has 1 aromatic carbocycles. The summed E-state index contributed by atoms with van der Waals surface area (Å²) in [5.74, 6) is 1.82. The van der Waals surface area contributed by atoms with E-state index in [0.29, 0.717) is 11.6 Å². The molecule has 2 aromatic rings. The van der Waals surface area contributed by atoms with E-state index in [1.165, 1.54) is 0 Å². The summed E-state index contributed by atoms with van der Waals surface area (Å²) >= 11 is 0. The van der Waals surface area contributed by atoms with Gasteiger partial charge in [-0.2, -0.15) is 0 Å². The molecule has 94 valence electrons. The number of likely N-dealkylation sites (tertiary alicyclic amines) is 1. The van der Waals surface area contributed by atoms with Crippen molar-refractivity contribution in [3.8, 4) is 17.1 Å². The van der Waals surface area contributed by atoms with Gasteiger partial charge in [0, 0.05) is 19.2 Å². The van der Waals surface area contributed by atoms with Crippen LogP contribution in [0.2, 0.25) is 0 Å². The largest absolute Gasteiger partial charge is 0.487 e. The van der Waals surface area contributed by atoms with Crippen LogP contribution >= 0.6 is 0 Å². The van der Waals surface area contributed by atoms with Crippen molar-refractivity contribution in [2.24, 2.45) is 0 Å². The molecule has 2 N–H and O–H groups in total. The smallest absolute Gasteiger partial charge is 0.172 e. The van der Waals surface area contributed by atoms with E-state index in [9.17, 15) is 0 Å². The molecule has 1 aliphatic heterocycles. The zero-order valence-corrected chi connectivity index (χ0v) is 10.2. The maximum absolute atomic E-state index is 5.95. The van der Waals surface area contributed by atoms with E-state index >= 15 is 0 Å². The molecule has 2 heterocycles. The fourth-order valence-electron chi connectivity index (χ4n) is 2.08. The van der Waals surface area contributed by atoms with Gasteiger partial charge in [-0.15, -0.1) is 0 Å². The Morgan fingerprint density at radius 2 is 2.17 bits per heavy atom. The highest BCUT2D eigenvalue weighted by Gasteiger charge is 2.26. The van der Waals surface area contributed by atoms with Crippen LogP contribution in [-0.4, -0.2) is 36.3 Å². The van der Waals surface area contributed by atoms with Gasteiger partial charge in [0.25, 0.3) is 0 Å². The molecule has 0 atom stereocenters. The lowest BCUT2D eigenvalue weighted by Crippen LogP contribution is -2.51. The third-order valence-corrected chi connectivity index (χ3v) is 3.01. The standard InChI is InChI=1S/C13H15N3O2/c1-16-7-9(8-16)17-11-5-3-2-4-10(11)12-6-13(14)15-18-12/h2-6,9H,7-8H2,1H3,(H2,14,15). The minimum Gasteiger partial charge on any atom is -0.487 e. The van der Waals surface area contributed by atoms with Crippen molar-refractivity contribution in [1.82, 2.24) is 10.1 Å². The molecular formula is C13H15N3O2. The van der Waals surface area contributed by atoms with Crippen molar-refractivity contribution in [1.29, 1.82) is 0 Å². The molecule has 0 bridgehead atoms. The highest BCUT2D eigenvalue weighted by molar-refractivity contribution is 5.67. The first-order valence-electron chi connectivity index (χ1n) is 5.89. The molecule has 5 heteroatoms. The van der Waals surface area contributed by atoms with Crippen LogP contribution in [-0.2, 0) is 0 Å². The molecule has 0 saturated carbocycles. The monoisotopic (exact) mass is 245 g/mol. The number of aromatic nitrogens is 1. The van der Waals surface area contributed by atoms with E-state index in [2.05, 4.69) is 17.1 Å². The van der Waals surface area contributed by atoms with Gasteiger partial charge < -0.3 is 15.0 Å². The molecule has 0 amide bonds. The highest BCUT2D eigenvalue weighted by Crippen LogP contribution is 2.32. The van der Waals surface area contributed by atoms with E-state index in [1.807, 2.05) is 24.3 Å². The Hall–Kier alpha value is -2.01. The summed E-state index contributed by atoms with van der Waals surface area (Å²) < 4.78 is 11.1. The lowest BCUT2D eigenvalue weighted by molar-refractivity contribution is 0.0391. The summed E-state index contributed by atoms with van der Waals surface area (Å²) in [7, 11) is 2.07. The number of anilines is 1. The second-order valence-corrected chi connectivity index (χ2v) is 4.57. The zero-order chi connectivity index (χ0) is 12.5. The molecule has 0 unspecified atom stereocenters. The molecule has 1 aromatic heterocycles. The SMILES string of the molecule is CN1CC(Oc2ccccc2-c2cc(N)no2)C1. The fourth-order valence-corrected chi connectivity index (χ4v) is 2.08. The number of nitrogen functional groups attached to an aromatic ring is 1. The van der Waals surface area contributed by atoms with Crippen molar-refractivity contribution in [2.75, 3.05) is 25.9 Å². The predicted octanol–water partition coefficient (Wildman–Crippen LogP) is 1.62. The van der Waals surface area contributed by atoms with Gasteiger partial charge in [-0.3, -0.25) is 4.90 Å². The van der Waals surface area contributed by atoms with Gasteiger partial charge in [-0.1, -0.05) is 17.3 Å². The lowest BCUT2D eigenvalue weighted by Gasteiger charge is -2.36. The number of rotatable bonds is 3. The van der Waals surface area contributed by atoms with Crippen LogP contribution in [0, 0.1) is 0 Å². The molecule has 1 saturated heterocycles. The molecule has 5 nitrogen and oxygen atoms in total. The summed E-state index contributed by atoms with van der Waals surface area (Å²) in [6, 6.07) is 9.47. The number of nitrogens with zero attached hydrogens (tertiary/aromatic N) is 2. The first-order chi connectivity index (χ1) is 8.72. The second kappa shape index (κ2) is 4.34. The molecular weight excluding hydrogens is 230 g/mol. The van der Waals surface area contributed by atoms with E-state index in [1.54, 1.807) is 6.07 Å². The van der Waals surface area contributed by atoms with E-state index in [0.717, 1.165) is 24.4 Å². The Labute approximate surface area is 105 Å². The van der Waals surface area contributed by atoms with E-state index in [-0.39, 0.29) is 6.10 Å². The van der Waals surface area contributed by atoms with Crippen molar-refractivity contribution in [3.63, 3.8) is 0 Å². The molecule has 1 aliphatic rings. The van der Waals surface area contributed by atoms with Crippen LogP contribution in [0.15, 0.2) is 34.9 Å². The molecule has 3 rings (SSSR count). The number of benzene rings is 1. The number of hydrogen-bond donors (Lipinski definition) is 1. The number of para-hydroxylation sites is 1. The van der Waals surface area contributed by atoms with Crippen LogP contribution in [0.1, 0.15) is 0 Å². The number of likely N-dealkylation sites (N-methyl/N-ethyl adjacent to an activating group) is 1. The highest BCUT2D eigenvalue weighted by atomic mass is 16.5. The Kier molecular flexibility index (Phi) is 2.68. The average molecular weight is 245 g/mol. The Morgan fingerprint density at radius 1 is 1.39 bits per heavy atom. The minimum absolute atomic E-state index is 0.247. The van der Waals surface area contributed by atoms with Crippen LogP contribution in [0.5, 0.6) is 5.75 Å². The first kappa shape index (κ1) is 11.1. The van der Waals surface area contributed by atoms with Gasteiger partial charge in [-0.05, 0) is 19.2 Å². The zero-order valence-electron chi connectivity index (χ0n) is 10.2. The topological polar surface area (TPSA) is 64.5 Å². The summed E-state index contributed by atoms with van der Waals surface area (Å²) in [5.41, 5.74) is 6.46. The predicted molar refractivity (Wildman–Crippen MR) is 68.3 cm³/mol. The fraction of sp³-hybridized carbons (Fsp3) is 0.308. The third kappa shape index (κ3) is 2.04. The Morgan fingerprint density at radius 3 is 2.83 bits per heavy atom. The number of ether oxygens (including phenoxy) is 1. The normalized spacial score (nSPS) is 16.5. The second-order valence-electron chi connectivity index (χ2n) is 4.57. The van der Waals surface area contributed by atoms with Gasteiger partial charge in [0.15, 0.2) is 11.6 Å². The van der Waals surface area contributed by atoms with Crippen LogP contribution in [0.25, 0.3) is 11.3 Å². The van der Waals surface area contributed by atoms with Crippen LogP contribution in [0.3, 0.4) is 0 Å². The van der Waals surface area contributed by atoms with Gasteiger partial charge in [0.2, 0.25) is 0 Å². The van der Waals surface area contributed by atoms with Gasteiger partial charge in [0.05, 0.1) is 5.56 Å². The lowest BCUT2D eigenvalue weighted by atomic mass is 10.1. The summed E-state index contributed by atoms with van der Waals surface area (Å²) in [6.45, 7) is 1.90. The Balaban J connectivity index is 1.85. The Bertz CT molecular complexity index is 547. The maximum Gasteiger partial charge on any atom is 0.172 e. The van der Waals surface area contributed by atoms with Crippen molar-refractivity contribution >= 4 is 5.82 Å². The van der Waals surface area contributed by atoms with E-state index in [4.69, 9.17) is 15.0 Å². The van der Waals surface area contributed by atoms with Crippen molar-refractivity contribution in [2.45, 2.75) is 6.10 Å². The molecule has 0 radical (unpaired) electrons. The maximum atomic E-state index is 5.95. The number of hydrogen-bond acceptors (Lipinski definition) is 5. The third-order valence-electron chi connectivity index (χ3n) is 3.01. The van der Waals surface area contributed by atoms with Gasteiger partial charge in [0.1, 0.15) is 11.9 Å². The summed E-state index contributed by atoms with van der Waals surface area (Å²) in [5, 5.41) is 3.70. The van der Waals surface area contributed by atoms with E-state index < -0.39 is 0 Å². The van der Waals surface area contributed by atoms with Gasteiger partial charge in [-0.25, -0.2) is 0 Å². The molecule has 1 fully saturated rings.